The molecule has 0 bridgehead atoms. The molecule has 2 aromatic carbocycles. The summed E-state index contributed by atoms with van der Waals surface area (Å²) in [6, 6.07) is 17.8. The average molecular weight is 527 g/mol. The fourth-order valence-electron chi connectivity index (χ4n) is 6.45. The summed E-state index contributed by atoms with van der Waals surface area (Å²) in [6.45, 7) is 9.15. The van der Waals surface area contributed by atoms with E-state index in [1.165, 1.54) is 5.56 Å². The van der Waals surface area contributed by atoms with Crippen molar-refractivity contribution < 1.29 is 19.1 Å². The maximum absolute atomic E-state index is 13.9. The molecule has 6 heteroatoms. The van der Waals surface area contributed by atoms with Crippen molar-refractivity contribution in [2.24, 2.45) is 16.6 Å². The Balaban J connectivity index is 1.63. The second-order valence-corrected chi connectivity index (χ2v) is 12.7. The standard InChI is InChI=1S/C33H38N2O4/c1-32(2)16-24-30(26(36)18-32)29(22-10-12-23(13-11-22)39-20-28(34)38)31-25(17-33(3,4)19-27(31)37)35(24)15-14-21-8-6-5-7-9-21/h5-13,29H,14-20H2,1-4H3,(H2,34,38). The molecule has 0 atom stereocenters. The molecule has 0 saturated carbocycles. The van der Waals surface area contributed by atoms with Gasteiger partial charge in [-0.05, 0) is 53.4 Å². The van der Waals surface area contributed by atoms with Gasteiger partial charge in [-0.2, -0.15) is 0 Å². The summed E-state index contributed by atoms with van der Waals surface area (Å²) >= 11 is 0. The number of nitrogens with two attached hydrogens (primary N) is 1. The molecule has 2 aromatic rings. The van der Waals surface area contributed by atoms with Crippen LogP contribution < -0.4 is 10.5 Å². The van der Waals surface area contributed by atoms with Crippen LogP contribution in [-0.2, 0) is 20.8 Å². The minimum atomic E-state index is -0.544. The highest BCUT2D eigenvalue weighted by Crippen LogP contribution is 2.54. The normalized spacial score (nSPS) is 20.6. The number of nitrogens with zero attached hydrogens (tertiary/aromatic N) is 1. The van der Waals surface area contributed by atoms with E-state index in [0.29, 0.717) is 18.6 Å². The minimum Gasteiger partial charge on any atom is -0.484 e. The highest BCUT2D eigenvalue weighted by molar-refractivity contribution is 6.06. The van der Waals surface area contributed by atoms with Gasteiger partial charge in [0.1, 0.15) is 5.75 Å². The summed E-state index contributed by atoms with van der Waals surface area (Å²) in [5, 5.41) is 0. The van der Waals surface area contributed by atoms with Gasteiger partial charge in [-0.3, -0.25) is 14.4 Å². The Labute approximate surface area is 230 Å². The molecular formula is C33H38N2O4. The zero-order chi connectivity index (χ0) is 27.9. The molecule has 0 aromatic heterocycles. The average Bonchev–Trinajstić information content (AvgIpc) is 2.85. The molecule has 39 heavy (non-hydrogen) atoms. The van der Waals surface area contributed by atoms with Crippen LogP contribution in [0.5, 0.6) is 5.75 Å². The van der Waals surface area contributed by atoms with Crippen molar-refractivity contribution in [2.75, 3.05) is 13.2 Å². The van der Waals surface area contributed by atoms with Gasteiger partial charge in [0.05, 0.1) is 0 Å². The first-order valence-electron chi connectivity index (χ1n) is 13.8. The number of ketones is 2. The molecule has 5 rings (SSSR count). The number of amides is 1. The van der Waals surface area contributed by atoms with Crippen molar-refractivity contribution in [3.8, 4) is 5.75 Å². The smallest absolute Gasteiger partial charge is 0.255 e. The van der Waals surface area contributed by atoms with Gasteiger partial charge in [0, 0.05) is 47.8 Å². The third-order valence-corrected chi connectivity index (χ3v) is 8.08. The van der Waals surface area contributed by atoms with Crippen molar-refractivity contribution in [2.45, 2.75) is 65.7 Å². The number of hydrogen-bond donors (Lipinski definition) is 1. The van der Waals surface area contributed by atoms with E-state index >= 15 is 0 Å². The van der Waals surface area contributed by atoms with Gasteiger partial charge < -0.3 is 15.4 Å². The molecule has 0 spiro atoms. The number of hydrogen-bond acceptors (Lipinski definition) is 5. The lowest BCUT2D eigenvalue weighted by molar-refractivity contribution is -0.121. The molecule has 204 valence electrons. The Kier molecular flexibility index (Phi) is 7.00. The predicted octanol–water partition coefficient (Wildman–Crippen LogP) is 5.48. The van der Waals surface area contributed by atoms with Crippen LogP contribution in [0.25, 0.3) is 0 Å². The maximum Gasteiger partial charge on any atom is 0.255 e. The first kappa shape index (κ1) is 26.9. The van der Waals surface area contributed by atoms with Gasteiger partial charge in [-0.1, -0.05) is 70.2 Å². The predicted molar refractivity (Wildman–Crippen MR) is 151 cm³/mol. The molecule has 0 radical (unpaired) electrons. The Morgan fingerprint density at radius 2 is 1.38 bits per heavy atom. The topological polar surface area (TPSA) is 89.7 Å². The molecule has 2 aliphatic carbocycles. The molecule has 6 nitrogen and oxygen atoms in total. The molecule has 1 heterocycles. The third-order valence-electron chi connectivity index (χ3n) is 8.08. The third kappa shape index (κ3) is 5.56. The quantitative estimate of drug-likeness (QED) is 0.516. The van der Waals surface area contributed by atoms with E-state index in [0.717, 1.165) is 53.9 Å². The molecular weight excluding hydrogens is 488 g/mol. The summed E-state index contributed by atoms with van der Waals surface area (Å²) < 4.78 is 5.47. The van der Waals surface area contributed by atoms with Crippen LogP contribution in [-0.4, -0.2) is 35.5 Å². The number of carbonyl (C=O) groups excluding carboxylic acids is 3. The fraction of sp³-hybridized carbons (Fsp3) is 0.424. The largest absolute Gasteiger partial charge is 0.484 e. The fourth-order valence-corrected chi connectivity index (χ4v) is 6.45. The monoisotopic (exact) mass is 526 g/mol. The zero-order valence-corrected chi connectivity index (χ0v) is 23.4. The van der Waals surface area contributed by atoms with E-state index in [9.17, 15) is 14.4 Å². The van der Waals surface area contributed by atoms with Crippen molar-refractivity contribution in [1.29, 1.82) is 0 Å². The first-order chi connectivity index (χ1) is 18.4. The van der Waals surface area contributed by atoms with Crippen LogP contribution in [0.15, 0.2) is 77.1 Å². The van der Waals surface area contributed by atoms with Gasteiger partial charge in [0.2, 0.25) is 0 Å². The number of Topliss-reactive ketones (excluding diaryl/α,β-unsaturated/α-hetero) is 2. The van der Waals surface area contributed by atoms with Crippen LogP contribution in [0.1, 0.15) is 70.4 Å². The van der Waals surface area contributed by atoms with Gasteiger partial charge in [0.25, 0.3) is 5.91 Å². The number of carbonyl (C=O) groups is 3. The van der Waals surface area contributed by atoms with E-state index in [2.05, 4.69) is 44.7 Å². The summed E-state index contributed by atoms with van der Waals surface area (Å²) in [4.78, 5) is 41.3. The van der Waals surface area contributed by atoms with E-state index in [4.69, 9.17) is 10.5 Å². The molecule has 0 fully saturated rings. The number of ether oxygens (including phenoxy) is 1. The molecule has 0 unspecified atom stereocenters. The summed E-state index contributed by atoms with van der Waals surface area (Å²) in [6.07, 6.45) is 3.30. The van der Waals surface area contributed by atoms with E-state index in [-0.39, 0.29) is 29.0 Å². The second kappa shape index (κ2) is 10.1. The van der Waals surface area contributed by atoms with E-state index in [1.54, 1.807) is 12.1 Å². The van der Waals surface area contributed by atoms with Crippen LogP contribution >= 0.6 is 0 Å². The summed E-state index contributed by atoms with van der Waals surface area (Å²) in [7, 11) is 0. The Bertz CT molecular complexity index is 1310. The SMILES string of the molecule is CC1(C)CC(=O)C2=C(C1)N(CCc1ccccc1)C1=C(C(=O)CC(C)(C)C1)C2c1ccc(OCC(N)=O)cc1. The van der Waals surface area contributed by atoms with E-state index < -0.39 is 11.8 Å². The highest BCUT2D eigenvalue weighted by atomic mass is 16.5. The van der Waals surface area contributed by atoms with Gasteiger partial charge in [0.15, 0.2) is 18.2 Å². The highest BCUT2D eigenvalue weighted by Gasteiger charge is 2.48. The second-order valence-electron chi connectivity index (χ2n) is 12.7. The number of benzene rings is 2. The molecule has 1 amide bonds. The maximum atomic E-state index is 13.9. The lowest BCUT2D eigenvalue weighted by Crippen LogP contribution is -2.45. The van der Waals surface area contributed by atoms with Gasteiger partial charge in [-0.25, -0.2) is 0 Å². The number of primary amides is 1. The van der Waals surface area contributed by atoms with Crippen LogP contribution in [0, 0.1) is 10.8 Å². The molecule has 1 aliphatic heterocycles. The minimum absolute atomic E-state index is 0.120. The van der Waals surface area contributed by atoms with Gasteiger partial charge >= 0.3 is 0 Å². The van der Waals surface area contributed by atoms with Crippen molar-refractivity contribution in [1.82, 2.24) is 4.90 Å². The van der Waals surface area contributed by atoms with Crippen molar-refractivity contribution >= 4 is 17.5 Å². The van der Waals surface area contributed by atoms with Gasteiger partial charge in [-0.15, -0.1) is 0 Å². The number of rotatable bonds is 7. The van der Waals surface area contributed by atoms with Crippen LogP contribution in [0.2, 0.25) is 0 Å². The summed E-state index contributed by atoms with van der Waals surface area (Å²) in [5.41, 5.74) is 10.7. The Morgan fingerprint density at radius 3 is 1.90 bits per heavy atom. The van der Waals surface area contributed by atoms with Crippen LogP contribution in [0.3, 0.4) is 0 Å². The Morgan fingerprint density at radius 1 is 0.846 bits per heavy atom. The molecule has 3 aliphatic rings. The van der Waals surface area contributed by atoms with E-state index in [1.807, 2.05) is 30.3 Å². The molecule has 0 saturated heterocycles. The lowest BCUT2D eigenvalue weighted by atomic mass is 9.63. The molecule has 2 N–H and O–H groups in total. The van der Waals surface area contributed by atoms with Crippen molar-refractivity contribution in [3.63, 3.8) is 0 Å². The summed E-state index contributed by atoms with van der Waals surface area (Å²) in [5.74, 6) is -0.186. The van der Waals surface area contributed by atoms with Crippen molar-refractivity contribution in [3.05, 3.63) is 88.3 Å². The Hall–Kier alpha value is -3.67. The lowest BCUT2D eigenvalue weighted by Gasteiger charge is -2.49. The zero-order valence-electron chi connectivity index (χ0n) is 23.4. The van der Waals surface area contributed by atoms with Crippen LogP contribution in [0.4, 0.5) is 0 Å². The number of allylic oxidation sites excluding steroid dienone is 4. The first-order valence-corrected chi connectivity index (χ1v) is 13.8.